The number of carbonyl (C=O) groups excluding carboxylic acids is 1. The van der Waals surface area contributed by atoms with Gasteiger partial charge < -0.3 is 15.2 Å². The van der Waals surface area contributed by atoms with Gasteiger partial charge in [0, 0.05) is 29.1 Å². The van der Waals surface area contributed by atoms with Gasteiger partial charge in [-0.05, 0) is 42.8 Å². The second-order valence-corrected chi connectivity index (χ2v) is 7.70. The highest BCUT2D eigenvalue weighted by Gasteiger charge is 2.22. The van der Waals surface area contributed by atoms with Crippen LogP contribution in [0.3, 0.4) is 0 Å². The fourth-order valence-electron chi connectivity index (χ4n) is 3.16. The maximum atomic E-state index is 12.3. The van der Waals surface area contributed by atoms with Crippen LogP contribution in [0.15, 0.2) is 76.7 Å². The Hall–Kier alpha value is -2.57. The standard InChI is InChI=1S/C21H19N3OS2/c25-20(15-7-5-12-23-21(15)26)22-13-6-14-24-16-8-1-3-10-18(16)27-19-11-4-2-9-17(19)24/h1-5,7-12H,6,13-14H2,(H,22,25)(H,23,26). The number of nitrogens with zero attached hydrogens (tertiary/aromatic N) is 1. The molecule has 1 aliphatic heterocycles. The van der Waals surface area contributed by atoms with Crippen LogP contribution in [0.5, 0.6) is 0 Å². The zero-order valence-electron chi connectivity index (χ0n) is 14.6. The lowest BCUT2D eigenvalue weighted by molar-refractivity contribution is 0.0952. The van der Waals surface area contributed by atoms with E-state index in [9.17, 15) is 4.79 Å². The van der Waals surface area contributed by atoms with Crippen molar-refractivity contribution in [2.24, 2.45) is 0 Å². The number of amides is 1. The van der Waals surface area contributed by atoms with Gasteiger partial charge in [0.1, 0.15) is 4.64 Å². The van der Waals surface area contributed by atoms with Gasteiger partial charge in [-0.25, -0.2) is 0 Å². The first kappa shape index (κ1) is 17.8. The van der Waals surface area contributed by atoms with Gasteiger partial charge in [-0.15, -0.1) is 0 Å². The second kappa shape index (κ2) is 7.98. The van der Waals surface area contributed by atoms with Crippen molar-refractivity contribution >= 4 is 41.3 Å². The molecule has 0 fully saturated rings. The van der Waals surface area contributed by atoms with Gasteiger partial charge in [-0.3, -0.25) is 4.79 Å². The van der Waals surface area contributed by atoms with Crippen LogP contribution in [-0.4, -0.2) is 24.0 Å². The molecule has 0 spiro atoms. The summed E-state index contributed by atoms with van der Waals surface area (Å²) in [5.41, 5.74) is 2.95. The maximum absolute atomic E-state index is 12.3. The number of H-pyrrole nitrogens is 1. The molecule has 1 aromatic heterocycles. The van der Waals surface area contributed by atoms with E-state index >= 15 is 0 Å². The first-order valence-corrected chi connectivity index (χ1v) is 10.1. The number of hydrogen-bond donors (Lipinski definition) is 2. The Bertz CT molecular complexity index is 986. The average molecular weight is 394 g/mol. The highest BCUT2D eigenvalue weighted by atomic mass is 32.2. The van der Waals surface area contributed by atoms with Crippen LogP contribution in [-0.2, 0) is 0 Å². The molecule has 136 valence electrons. The Labute approximate surface area is 167 Å². The van der Waals surface area contributed by atoms with E-state index in [1.54, 1.807) is 30.1 Å². The third kappa shape index (κ3) is 3.77. The molecule has 27 heavy (non-hydrogen) atoms. The summed E-state index contributed by atoms with van der Waals surface area (Å²) in [7, 11) is 0. The fourth-order valence-corrected chi connectivity index (χ4v) is 4.48. The molecule has 0 radical (unpaired) electrons. The van der Waals surface area contributed by atoms with Crippen molar-refractivity contribution in [3.8, 4) is 0 Å². The number of aromatic amines is 1. The average Bonchev–Trinajstić information content (AvgIpc) is 2.70. The highest BCUT2D eigenvalue weighted by Crippen LogP contribution is 2.47. The maximum Gasteiger partial charge on any atom is 0.254 e. The summed E-state index contributed by atoms with van der Waals surface area (Å²) in [6.45, 7) is 1.42. The van der Waals surface area contributed by atoms with Gasteiger partial charge in [0.05, 0.1) is 16.9 Å². The van der Waals surface area contributed by atoms with E-state index in [0.29, 0.717) is 16.7 Å². The van der Waals surface area contributed by atoms with Gasteiger partial charge in [-0.2, -0.15) is 0 Å². The summed E-state index contributed by atoms with van der Waals surface area (Å²) in [4.78, 5) is 20.0. The molecule has 3 aromatic rings. The summed E-state index contributed by atoms with van der Waals surface area (Å²) < 4.78 is 0.464. The number of nitrogens with one attached hydrogen (secondary N) is 2. The predicted octanol–water partition coefficient (Wildman–Crippen LogP) is 5.17. The van der Waals surface area contributed by atoms with Gasteiger partial charge in [-0.1, -0.05) is 48.2 Å². The lowest BCUT2D eigenvalue weighted by Gasteiger charge is -2.32. The van der Waals surface area contributed by atoms with Gasteiger partial charge in [0.2, 0.25) is 0 Å². The molecule has 4 nitrogen and oxygen atoms in total. The normalized spacial score (nSPS) is 12.2. The summed E-state index contributed by atoms with van der Waals surface area (Å²) in [6.07, 6.45) is 2.56. The molecule has 0 aliphatic carbocycles. The molecule has 0 saturated carbocycles. The Balaban J connectivity index is 1.44. The number of hydrogen-bond acceptors (Lipinski definition) is 4. The lowest BCUT2D eigenvalue weighted by atomic mass is 10.2. The number of anilines is 2. The number of rotatable bonds is 5. The topological polar surface area (TPSA) is 48.1 Å². The van der Waals surface area contributed by atoms with Crippen molar-refractivity contribution in [2.45, 2.75) is 16.2 Å². The highest BCUT2D eigenvalue weighted by molar-refractivity contribution is 7.99. The Kier molecular flexibility index (Phi) is 5.27. The summed E-state index contributed by atoms with van der Waals surface area (Å²) >= 11 is 6.97. The molecule has 1 amide bonds. The van der Waals surface area contributed by atoms with Crippen molar-refractivity contribution in [3.63, 3.8) is 0 Å². The van der Waals surface area contributed by atoms with Crippen molar-refractivity contribution in [1.29, 1.82) is 0 Å². The van der Waals surface area contributed by atoms with E-state index in [0.717, 1.165) is 13.0 Å². The van der Waals surface area contributed by atoms with Crippen LogP contribution >= 0.6 is 24.0 Å². The molecular formula is C21H19N3OS2. The zero-order chi connectivity index (χ0) is 18.6. The van der Waals surface area contributed by atoms with Crippen molar-refractivity contribution in [2.75, 3.05) is 18.0 Å². The van der Waals surface area contributed by atoms with Crippen molar-refractivity contribution in [3.05, 3.63) is 77.1 Å². The van der Waals surface area contributed by atoms with E-state index in [2.05, 4.69) is 63.7 Å². The van der Waals surface area contributed by atoms with Crippen LogP contribution in [0.2, 0.25) is 0 Å². The fraction of sp³-hybridized carbons (Fsp3) is 0.143. The molecule has 0 saturated heterocycles. The Morgan fingerprint density at radius 2 is 1.67 bits per heavy atom. The predicted molar refractivity (Wildman–Crippen MR) is 113 cm³/mol. The number of pyridine rings is 1. The molecule has 1 aliphatic rings. The van der Waals surface area contributed by atoms with Gasteiger partial charge in [0.15, 0.2) is 0 Å². The van der Waals surface area contributed by atoms with Crippen LogP contribution in [0, 0.1) is 4.64 Å². The monoisotopic (exact) mass is 393 g/mol. The van der Waals surface area contributed by atoms with E-state index < -0.39 is 0 Å². The molecule has 0 unspecified atom stereocenters. The van der Waals surface area contributed by atoms with E-state index in [-0.39, 0.29) is 5.91 Å². The number of para-hydroxylation sites is 2. The molecule has 2 aromatic carbocycles. The summed E-state index contributed by atoms with van der Waals surface area (Å²) in [5.74, 6) is -0.133. The van der Waals surface area contributed by atoms with Crippen molar-refractivity contribution in [1.82, 2.24) is 10.3 Å². The number of aromatic nitrogens is 1. The van der Waals surface area contributed by atoms with Crippen molar-refractivity contribution < 1.29 is 4.79 Å². The minimum atomic E-state index is -0.133. The minimum absolute atomic E-state index is 0.133. The molecular weight excluding hydrogens is 374 g/mol. The van der Waals surface area contributed by atoms with Gasteiger partial charge in [0.25, 0.3) is 5.91 Å². The smallest absolute Gasteiger partial charge is 0.254 e. The van der Waals surface area contributed by atoms with E-state index in [1.807, 2.05) is 0 Å². The van der Waals surface area contributed by atoms with Crippen LogP contribution < -0.4 is 10.2 Å². The Morgan fingerprint density at radius 1 is 1.00 bits per heavy atom. The third-order valence-corrected chi connectivity index (χ3v) is 5.91. The van der Waals surface area contributed by atoms with E-state index in [1.165, 1.54) is 21.2 Å². The molecule has 0 atom stereocenters. The van der Waals surface area contributed by atoms with Crippen LogP contribution in [0.1, 0.15) is 16.8 Å². The minimum Gasteiger partial charge on any atom is -0.352 e. The molecule has 6 heteroatoms. The SMILES string of the molecule is O=C(NCCCN1c2ccccc2Sc2ccccc21)c1ccc[nH]c1=S. The first-order chi connectivity index (χ1) is 13.2. The largest absolute Gasteiger partial charge is 0.352 e. The summed E-state index contributed by atoms with van der Waals surface area (Å²) in [6, 6.07) is 20.4. The molecule has 2 N–H and O–H groups in total. The zero-order valence-corrected chi connectivity index (χ0v) is 16.3. The summed E-state index contributed by atoms with van der Waals surface area (Å²) in [5, 5.41) is 2.97. The number of benzene rings is 2. The first-order valence-electron chi connectivity index (χ1n) is 8.83. The van der Waals surface area contributed by atoms with Crippen LogP contribution in [0.25, 0.3) is 0 Å². The Morgan fingerprint density at radius 3 is 2.33 bits per heavy atom. The van der Waals surface area contributed by atoms with Crippen LogP contribution in [0.4, 0.5) is 11.4 Å². The number of fused-ring (bicyclic) bond motifs is 2. The molecule has 4 rings (SSSR count). The quantitative estimate of drug-likeness (QED) is 0.464. The molecule has 0 bridgehead atoms. The van der Waals surface area contributed by atoms with E-state index in [4.69, 9.17) is 12.2 Å². The number of carbonyl (C=O) groups is 1. The molecule has 2 heterocycles. The second-order valence-electron chi connectivity index (χ2n) is 6.21. The van der Waals surface area contributed by atoms with Gasteiger partial charge >= 0.3 is 0 Å². The third-order valence-electron chi connectivity index (χ3n) is 4.44. The lowest BCUT2D eigenvalue weighted by Crippen LogP contribution is -2.29.